The van der Waals surface area contributed by atoms with E-state index in [1.165, 1.54) is 6.07 Å². The fourth-order valence-corrected chi connectivity index (χ4v) is 1.95. The van der Waals surface area contributed by atoms with Crippen molar-refractivity contribution in [2.75, 3.05) is 0 Å². The molecule has 1 aromatic heterocycles. The number of nitrogens with one attached hydrogen (secondary N) is 1. The fraction of sp³-hybridized carbons (Fsp3) is 0.267. The molecule has 0 amide bonds. The maximum Gasteiger partial charge on any atom is 0.126 e. The Morgan fingerprint density at radius 1 is 1.37 bits per heavy atom. The summed E-state index contributed by atoms with van der Waals surface area (Å²) in [5.41, 5.74) is 2.76. The molecule has 2 N–H and O–H groups in total. The lowest BCUT2D eigenvalue weighted by molar-refractivity contribution is 0.446. The van der Waals surface area contributed by atoms with E-state index >= 15 is 0 Å². The van der Waals surface area contributed by atoms with Crippen molar-refractivity contribution in [1.29, 1.82) is 0 Å². The molecule has 2 aromatic rings. The van der Waals surface area contributed by atoms with Crippen LogP contribution in [0.15, 0.2) is 36.5 Å². The van der Waals surface area contributed by atoms with Crippen molar-refractivity contribution in [3.8, 4) is 5.75 Å². The average molecular weight is 260 g/mol. The number of aryl methyl sites for hydroxylation is 1. The molecule has 19 heavy (non-hydrogen) atoms. The van der Waals surface area contributed by atoms with E-state index in [0.717, 1.165) is 17.3 Å². The molecule has 1 unspecified atom stereocenters. The molecule has 0 aliphatic rings. The second-order valence-electron chi connectivity index (χ2n) is 4.57. The first-order valence-corrected chi connectivity index (χ1v) is 6.20. The fourth-order valence-electron chi connectivity index (χ4n) is 1.95. The molecule has 0 fully saturated rings. The summed E-state index contributed by atoms with van der Waals surface area (Å²) < 4.78 is 12.9. The van der Waals surface area contributed by atoms with Crippen molar-refractivity contribution in [2.24, 2.45) is 0 Å². The Hall–Kier alpha value is -1.94. The van der Waals surface area contributed by atoms with Crippen molar-refractivity contribution in [1.82, 2.24) is 10.3 Å². The van der Waals surface area contributed by atoms with Crippen LogP contribution in [0, 0.1) is 12.7 Å². The molecule has 1 aromatic carbocycles. The second kappa shape index (κ2) is 5.80. The highest BCUT2D eigenvalue weighted by Crippen LogP contribution is 2.24. The first kappa shape index (κ1) is 13.5. The third kappa shape index (κ3) is 3.29. The molecule has 2 rings (SSSR count). The van der Waals surface area contributed by atoms with Crippen LogP contribution < -0.4 is 5.32 Å². The number of hydrogen-bond acceptors (Lipinski definition) is 3. The number of aromatic hydroxyl groups is 1. The molecule has 0 saturated heterocycles. The van der Waals surface area contributed by atoms with Gasteiger partial charge in [0.05, 0.1) is 5.69 Å². The van der Waals surface area contributed by atoms with E-state index in [2.05, 4.69) is 10.3 Å². The lowest BCUT2D eigenvalue weighted by atomic mass is 10.1. The summed E-state index contributed by atoms with van der Waals surface area (Å²) in [6, 6.07) is 7.88. The molecular formula is C15H17FN2O. The summed E-state index contributed by atoms with van der Waals surface area (Å²) in [5, 5.41) is 13.0. The van der Waals surface area contributed by atoms with Gasteiger partial charge in [-0.3, -0.25) is 4.98 Å². The van der Waals surface area contributed by atoms with Crippen molar-refractivity contribution >= 4 is 0 Å². The van der Waals surface area contributed by atoms with E-state index in [-0.39, 0.29) is 11.8 Å². The Morgan fingerprint density at radius 2 is 2.16 bits per heavy atom. The summed E-state index contributed by atoms with van der Waals surface area (Å²) >= 11 is 0. The number of phenolic OH excluding ortho intramolecular Hbond substituents is 1. The summed E-state index contributed by atoms with van der Waals surface area (Å²) in [6.45, 7) is 4.53. The second-order valence-corrected chi connectivity index (χ2v) is 4.57. The van der Waals surface area contributed by atoms with Crippen LogP contribution in [0.1, 0.15) is 29.8 Å². The SMILES string of the molecule is Cc1cccnc1CNC(C)c1ccc(F)cc1O. The van der Waals surface area contributed by atoms with E-state index in [9.17, 15) is 9.50 Å². The first-order valence-electron chi connectivity index (χ1n) is 6.20. The van der Waals surface area contributed by atoms with Crippen LogP contribution in [0.4, 0.5) is 4.39 Å². The van der Waals surface area contributed by atoms with Crippen molar-refractivity contribution in [3.63, 3.8) is 0 Å². The van der Waals surface area contributed by atoms with Gasteiger partial charge in [-0.05, 0) is 31.5 Å². The average Bonchev–Trinajstić information content (AvgIpc) is 2.37. The van der Waals surface area contributed by atoms with Gasteiger partial charge in [-0.2, -0.15) is 0 Å². The Balaban J connectivity index is 2.05. The van der Waals surface area contributed by atoms with Crippen LogP contribution in [-0.2, 0) is 6.54 Å². The normalized spacial score (nSPS) is 12.4. The Bertz CT molecular complexity index is 572. The highest BCUT2D eigenvalue weighted by Gasteiger charge is 2.11. The number of halogens is 1. The van der Waals surface area contributed by atoms with E-state index in [1.54, 1.807) is 12.3 Å². The van der Waals surface area contributed by atoms with Gasteiger partial charge >= 0.3 is 0 Å². The van der Waals surface area contributed by atoms with E-state index < -0.39 is 5.82 Å². The Kier molecular flexibility index (Phi) is 4.12. The Morgan fingerprint density at radius 3 is 2.84 bits per heavy atom. The standard InChI is InChI=1S/C15H17FN2O/c1-10-4-3-7-17-14(10)9-18-11(2)13-6-5-12(16)8-15(13)19/h3-8,11,18-19H,9H2,1-2H3. The molecule has 1 heterocycles. The van der Waals surface area contributed by atoms with E-state index in [0.29, 0.717) is 12.1 Å². The number of nitrogens with zero attached hydrogens (tertiary/aromatic N) is 1. The molecule has 100 valence electrons. The van der Waals surface area contributed by atoms with E-state index in [1.807, 2.05) is 26.0 Å². The number of hydrogen-bond donors (Lipinski definition) is 2. The lowest BCUT2D eigenvalue weighted by Gasteiger charge is -2.16. The summed E-state index contributed by atoms with van der Waals surface area (Å²) in [7, 11) is 0. The quantitative estimate of drug-likeness (QED) is 0.888. The largest absolute Gasteiger partial charge is 0.508 e. The molecule has 0 spiro atoms. The number of benzene rings is 1. The van der Waals surface area contributed by atoms with Gasteiger partial charge in [0, 0.05) is 30.4 Å². The topological polar surface area (TPSA) is 45.2 Å². The smallest absolute Gasteiger partial charge is 0.126 e. The maximum absolute atomic E-state index is 12.9. The van der Waals surface area contributed by atoms with Gasteiger partial charge in [0.25, 0.3) is 0 Å². The molecule has 0 saturated carbocycles. The number of rotatable bonds is 4. The Labute approximate surface area is 112 Å². The number of aromatic nitrogens is 1. The van der Waals surface area contributed by atoms with Crippen LogP contribution in [0.25, 0.3) is 0 Å². The highest BCUT2D eigenvalue weighted by atomic mass is 19.1. The van der Waals surface area contributed by atoms with E-state index in [4.69, 9.17) is 0 Å². The van der Waals surface area contributed by atoms with Gasteiger partial charge in [-0.1, -0.05) is 12.1 Å². The van der Waals surface area contributed by atoms with Crippen LogP contribution >= 0.6 is 0 Å². The zero-order valence-electron chi connectivity index (χ0n) is 11.0. The maximum atomic E-state index is 12.9. The molecule has 0 aliphatic carbocycles. The summed E-state index contributed by atoms with van der Waals surface area (Å²) in [5.74, 6) is -0.466. The predicted octanol–water partition coefficient (Wildman–Crippen LogP) is 3.09. The zero-order valence-corrected chi connectivity index (χ0v) is 11.0. The molecule has 3 nitrogen and oxygen atoms in total. The molecule has 0 aliphatic heterocycles. The molecule has 0 bridgehead atoms. The molecule has 0 radical (unpaired) electrons. The first-order chi connectivity index (χ1) is 9.08. The zero-order chi connectivity index (χ0) is 13.8. The number of phenols is 1. The van der Waals surface area contributed by atoms with Crippen LogP contribution in [-0.4, -0.2) is 10.1 Å². The third-order valence-electron chi connectivity index (χ3n) is 3.15. The van der Waals surface area contributed by atoms with Crippen molar-refractivity contribution in [3.05, 3.63) is 59.2 Å². The van der Waals surface area contributed by atoms with Crippen LogP contribution in [0.5, 0.6) is 5.75 Å². The van der Waals surface area contributed by atoms with Crippen molar-refractivity contribution in [2.45, 2.75) is 26.4 Å². The number of pyridine rings is 1. The minimum Gasteiger partial charge on any atom is -0.508 e. The van der Waals surface area contributed by atoms with Crippen LogP contribution in [0.3, 0.4) is 0 Å². The van der Waals surface area contributed by atoms with Gasteiger partial charge < -0.3 is 10.4 Å². The highest BCUT2D eigenvalue weighted by molar-refractivity contribution is 5.35. The summed E-state index contributed by atoms with van der Waals surface area (Å²) in [4.78, 5) is 4.30. The van der Waals surface area contributed by atoms with Gasteiger partial charge in [0.2, 0.25) is 0 Å². The molecular weight excluding hydrogens is 243 g/mol. The minimum absolute atomic E-state index is 0.0299. The van der Waals surface area contributed by atoms with Crippen molar-refractivity contribution < 1.29 is 9.50 Å². The van der Waals surface area contributed by atoms with Gasteiger partial charge in [-0.25, -0.2) is 4.39 Å². The third-order valence-corrected chi connectivity index (χ3v) is 3.15. The molecule has 1 atom stereocenters. The van der Waals surface area contributed by atoms with Gasteiger partial charge in [0.15, 0.2) is 0 Å². The van der Waals surface area contributed by atoms with Gasteiger partial charge in [0.1, 0.15) is 11.6 Å². The minimum atomic E-state index is -0.436. The van der Waals surface area contributed by atoms with Gasteiger partial charge in [-0.15, -0.1) is 0 Å². The van der Waals surface area contributed by atoms with Crippen LogP contribution in [0.2, 0.25) is 0 Å². The monoisotopic (exact) mass is 260 g/mol. The molecule has 4 heteroatoms. The lowest BCUT2D eigenvalue weighted by Crippen LogP contribution is -2.19. The summed E-state index contributed by atoms with van der Waals surface area (Å²) in [6.07, 6.45) is 1.75. The predicted molar refractivity (Wildman–Crippen MR) is 72.3 cm³/mol.